The average Bonchev–Trinajstić information content (AvgIpc) is 2.85. The minimum atomic E-state index is 0.609. The van der Waals surface area contributed by atoms with Crippen LogP contribution in [-0.2, 0) is 13.1 Å². The molecule has 1 aliphatic carbocycles. The number of hydrogen-bond donors (Lipinski definition) is 2. The second-order valence-electron chi connectivity index (χ2n) is 4.53. The molecule has 2 atom stereocenters. The second kappa shape index (κ2) is 5.41. The van der Waals surface area contributed by atoms with Crippen molar-refractivity contribution in [3.63, 3.8) is 0 Å². The smallest absolute Gasteiger partial charge is 0.0964 e. The first-order chi connectivity index (χ1) is 7.83. The van der Waals surface area contributed by atoms with Crippen molar-refractivity contribution >= 4 is 0 Å². The lowest BCUT2D eigenvalue weighted by atomic mass is 10.2. The van der Waals surface area contributed by atoms with E-state index in [4.69, 9.17) is 5.73 Å². The van der Waals surface area contributed by atoms with Crippen molar-refractivity contribution in [3.05, 3.63) is 11.9 Å². The highest BCUT2D eigenvalue weighted by atomic mass is 15.4. The van der Waals surface area contributed by atoms with Crippen LogP contribution < -0.4 is 11.1 Å². The Morgan fingerprint density at radius 3 is 3.25 bits per heavy atom. The van der Waals surface area contributed by atoms with Gasteiger partial charge < -0.3 is 11.1 Å². The lowest BCUT2D eigenvalue weighted by molar-refractivity contribution is 0.591. The van der Waals surface area contributed by atoms with E-state index in [1.165, 1.54) is 19.3 Å². The topological polar surface area (TPSA) is 68.8 Å². The molecule has 2 rings (SSSR count). The molecule has 0 spiro atoms. The van der Waals surface area contributed by atoms with Crippen molar-refractivity contribution in [3.8, 4) is 0 Å². The summed E-state index contributed by atoms with van der Waals surface area (Å²) in [6.07, 6.45) is 5.93. The fraction of sp³-hybridized carbons (Fsp3) is 0.818. The predicted octanol–water partition coefficient (Wildman–Crippen LogP) is 0.515. The van der Waals surface area contributed by atoms with E-state index in [-0.39, 0.29) is 0 Å². The summed E-state index contributed by atoms with van der Waals surface area (Å²) in [5.41, 5.74) is 6.46. The van der Waals surface area contributed by atoms with Gasteiger partial charge in [-0.25, -0.2) is 0 Å². The summed E-state index contributed by atoms with van der Waals surface area (Å²) >= 11 is 0. The van der Waals surface area contributed by atoms with E-state index in [0.29, 0.717) is 12.6 Å². The highest BCUT2D eigenvalue weighted by Crippen LogP contribution is 2.34. The van der Waals surface area contributed by atoms with Gasteiger partial charge in [-0.3, -0.25) is 4.68 Å². The molecule has 0 radical (unpaired) electrons. The summed E-state index contributed by atoms with van der Waals surface area (Å²) in [6.45, 7) is 4.43. The fourth-order valence-electron chi connectivity index (χ4n) is 2.08. The number of hydrogen-bond acceptors (Lipinski definition) is 4. The Morgan fingerprint density at radius 2 is 2.50 bits per heavy atom. The summed E-state index contributed by atoms with van der Waals surface area (Å²) < 4.78 is 1.80. The van der Waals surface area contributed by atoms with Crippen LogP contribution in [0.3, 0.4) is 0 Å². The second-order valence-corrected chi connectivity index (χ2v) is 4.53. The zero-order valence-electron chi connectivity index (χ0n) is 9.89. The van der Waals surface area contributed by atoms with Crippen LogP contribution in [0.5, 0.6) is 0 Å². The molecule has 1 saturated carbocycles. The van der Waals surface area contributed by atoms with Crippen LogP contribution in [0.2, 0.25) is 0 Å². The molecule has 1 aromatic heterocycles. The largest absolute Gasteiger partial charge is 0.329 e. The van der Waals surface area contributed by atoms with Gasteiger partial charge in [0.05, 0.1) is 12.2 Å². The molecule has 5 heteroatoms. The van der Waals surface area contributed by atoms with Gasteiger partial charge in [-0.15, -0.1) is 5.10 Å². The summed E-state index contributed by atoms with van der Waals surface area (Å²) in [5.74, 6) is 0.893. The third-order valence-corrected chi connectivity index (χ3v) is 3.07. The molecule has 1 fully saturated rings. The first-order valence-corrected chi connectivity index (χ1v) is 6.16. The normalized spacial score (nSPS) is 23.6. The van der Waals surface area contributed by atoms with Crippen LogP contribution in [0.1, 0.15) is 31.9 Å². The van der Waals surface area contributed by atoms with Crippen LogP contribution in [0, 0.1) is 5.92 Å². The van der Waals surface area contributed by atoms with Crippen molar-refractivity contribution in [2.45, 2.75) is 45.3 Å². The van der Waals surface area contributed by atoms with E-state index in [2.05, 4.69) is 22.6 Å². The monoisotopic (exact) mass is 223 g/mol. The molecule has 90 valence electrons. The third-order valence-electron chi connectivity index (χ3n) is 3.07. The van der Waals surface area contributed by atoms with E-state index in [9.17, 15) is 0 Å². The van der Waals surface area contributed by atoms with E-state index in [0.717, 1.165) is 24.7 Å². The predicted molar refractivity (Wildman–Crippen MR) is 62.7 cm³/mol. The highest BCUT2D eigenvalue weighted by molar-refractivity contribution is 4.97. The quantitative estimate of drug-likeness (QED) is 0.707. The van der Waals surface area contributed by atoms with Gasteiger partial charge >= 0.3 is 0 Å². The number of nitrogens with zero attached hydrogens (tertiary/aromatic N) is 3. The molecule has 0 aromatic carbocycles. The molecule has 0 saturated heterocycles. The van der Waals surface area contributed by atoms with Crippen molar-refractivity contribution < 1.29 is 0 Å². The number of nitrogens with one attached hydrogen (secondary N) is 1. The van der Waals surface area contributed by atoms with Gasteiger partial charge in [0.1, 0.15) is 0 Å². The molecule has 0 bridgehead atoms. The van der Waals surface area contributed by atoms with Crippen LogP contribution in [0.15, 0.2) is 6.20 Å². The van der Waals surface area contributed by atoms with Gasteiger partial charge in [0.15, 0.2) is 0 Å². The number of aromatic nitrogens is 3. The lowest BCUT2D eigenvalue weighted by Crippen LogP contribution is -2.17. The van der Waals surface area contributed by atoms with Gasteiger partial charge in [-0.05, 0) is 18.8 Å². The maximum Gasteiger partial charge on any atom is 0.0964 e. The minimum Gasteiger partial charge on any atom is -0.329 e. The maximum absolute atomic E-state index is 5.45. The molecule has 1 aliphatic rings. The average molecular weight is 223 g/mol. The molecule has 5 nitrogen and oxygen atoms in total. The Bertz CT molecular complexity index is 322. The molecule has 3 N–H and O–H groups in total. The van der Waals surface area contributed by atoms with Crippen LogP contribution >= 0.6 is 0 Å². The minimum absolute atomic E-state index is 0.609. The lowest BCUT2D eigenvalue weighted by Gasteiger charge is -2.00. The van der Waals surface area contributed by atoms with Crippen molar-refractivity contribution in [1.82, 2.24) is 20.3 Å². The molecule has 16 heavy (non-hydrogen) atoms. The summed E-state index contributed by atoms with van der Waals surface area (Å²) in [5, 5.41) is 11.6. The Kier molecular flexibility index (Phi) is 3.90. The van der Waals surface area contributed by atoms with Gasteiger partial charge in [0, 0.05) is 25.3 Å². The molecule has 1 heterocycles. The Hall–Kier alpha value is -0.940. The van der Waals surface area contributed by atoms with Crippen molar-refractivity contribution in [2.75, 3.05) is 6.54 Å². The van der Waals surface area contributed by atoms with Crippen LogP contribution in [-0.4, -0.2) is 27.6 Å². The highest BCUT2D eigenvalue weighted by Gasteiger charge is 2.35. The van der Waals surface area contributed by atoms with Crippen molar-refractivity contribution in [2.24, 2.45) is 11.7 Å². The van der Waals surface area contributed by atoms with Crippen LogP contribution in [0.4, 0.5) is 0 Å². The Morgan fingerprint density at radius 1 is 1.62 bits per heavy atom. The Labute approximate surface area is 96.4 Å². The molecule has 0 amide bonds. The summed E-state index contributed by atoms with van der Waals surface area (Å²) in [7, 11) is 0. The third kappa shape index (κ3) is 3.02. The summed E-state index contributed by atoms with van der Waals surface area (Å²) in [6, 6.07) is 0.708. The van der Waals surface area contributed by atoms with Crippen LogP contribution in [0.25, 0.3) is 0 Å². The molecular weight excluding hydrogens is 202 g/mol. The van der Waals surface area contributed by atoms with Gasteiger partial charge in [-0.1, -0.05) is 18.6 Å². The van der Waals surface area contributed by atoms with E-state index < -0.39 is 0 Å². The standard InChI is InChI=1S/C11H21N5/c1-2-3-9-6-11(9)13-7-10-8-16(5-4-12)15-14-10/h8-9,11,13H,2-7,12H2,1H3. The molecule has 0 aliphatic heterocycles. The van der Waals surface area contributed by atoms with Gasteiger partial charge in [-0.2, -0.15) is 0 Å². The van der Waals surface area contributed by atoms with Gasteiger partial charge in [0.2, 0.25) is 0 Å². The number of nitrogens with two attached hydrogens (primary N) is 1. The van der Waals surface area contributed by atoms with E-state index in [1.807, 2.05) is 6.20 Å². The zero-order chi connectivity index (χ0) is 11.4. The van der Waals surface area contributed by atoms with Crippen molar-refractivity contribution in [1.29, 1.82) is 0 Å². The number of rotatable bonds is 7. The molecule has 2 unspecified atom stereocenters. The Balaban J connectivity index is 1.69. The molecule has 1 aromatic rings. The zero-order valence-corrected chi connectivity index (χ0v) is 9.89. The van der Waals surface area contributed by atoms with Gasteiger partial charge in [0.25, 0.3) is 0 Å². The van der Waals surface area contributed by atoms with E-state index in [1.54, 1.807) is 4.68 Å². The first-order valence-electron chi connectivity index (χ1n) is 6.16. The fourth-order valence-corrected chi connectivity index (χ4v) is 2.08. The first kappa shape index (κ1) is 11.5. The maximum atomic E-state index is 5.45. The summed E-state index contributed by atoms with van der Waals surface area (Å²) in [4.78, 5) is 0. The van der Waals surface area contributed by atoms with E-state index >= 15 is 0 Å². The SMILES string of the molecule is CCCC1CC1NCc1cn(CCN)nn1. The molecular formula is C11H21N5.